The summed E-state index contributed by atoms with van der Waals surface area (Å²) in [6.07, 6.45) is 1.21. The van der Waals surface area contributed by atoms with Crippen molar-refractivity contribution in [1.82, 2.24) is 0 Å². The number of hydrogen-bond acceptors (Lipinski definition) is 3. The summed E-state index contributed by atoms with van der Waals surface area (Å²) in [5.41, 5.74) is 0.838. The molecule has 0 fully saturated rings. The van der Waals surface area contributed by atoms with E-state index in [0.29, 0.717) is 4.90 Å². The Bertz CT molecular complexity index is 384. The van der Waals surface area contributed by atoms with Gasteiger partial charge in [-0.15, -0.1) is 0 Å². The molecule has 0 saturated heterocycles. The first kappa shape index (κ1) is 10.1. The fourth-order valence-corrected chi connectivity index (χ4v) is 1.71. The Hall–Kier alpha value is -1.03. The van der Waals surface area contributed by atoms with Crippen molar-refractivity contribution in [3.8, 4) is 0 Å². The van der Waals surface area contributed by atoms with Crippen molar-refractivity contribution >= 4 is 15.5 Å². The van der Waals surface area contributed by atoms with Crippen LogP contribution in [0.1, 0.15) is 6.92 Å². The number of anilines is 1. The largest absolute Gasteiger partial charge is 0.385 e. The van der Waals surface area contributed by atoms with Gasteiger partial charge in [-0.2, -0.15) is 0 Å². The molecule has 1 aromatic rings. The number of rotatable bonds is 3. The summed E-state index contributed by atoms with van der Waals surface area (Å²) in [4.78, 5) is 0.353. The molecule has 0 atom stereocenters. The summed E-state index contributed by atoms with van der Waals surface area (Å²) in [5.74, 6) is 0. The summed E-state index contributed by atoms with van der Waals surface area (Å²) >= 11 is 0. The third-order valence-corrected chi connectivity index (χ3v) is 2.75. The first-order chi connectivity index (χ1) is 6.04. The Morgan fingerprint density at radius 2 is 2.08 bits per heavy atom. The van der Waals surface area contributed by atoms with E-state index in [1.54, 1.807) is 18.2 Å². The maximum atomic E-state index is 11.2. The van der Waals surface area contributed by atoms with Crippen LogP contribution in [0.5, 0.6) is 0 Å². The molecule has 0 bridgehead atoms. The minimum absolute atomic E-state index is 0.353. The molecule has 0 saturated carbocycles. The van der Waals surface area contributed by atoms with E-state index < -0.39 is 9.84 Å². The quantitative estimate of drug-likeness (QED) is 0.802. The maximum absolute atomic E-state index is 11.2. The van der Waals surface area contributed by atoms with E-state index in [1.165, 1.54) is 6.26 Å². The van der Waals surface area contributed by atoms with Crippen LogP contribution in [0.3, 0.4) is 0 Å². The maximum Gasteiger partial charge on any atom is 0.175 e. The molecule has 4 heteroatoms. The highest BCUT2D eigenvalue weighted by Crippen LogP contribution is 2.14. The molecule has 0 heterocycles. The van der Waals surface area contributed by atoms with Crippen LogP contribution in [-0.2, 0) is 9.84 Å². The van der Waals surface area contributed by atoms with E-state index >= 15 is 0 Å². The Labute approximate surface area is 78.7 Å². The van der Waals surface area contributed by atoms with Gasteiger partial charge in [-0.05, 0) is 25.1 Å². The third kappa shape index (κ3) is 2.73. The zero-order valence-electron chi connectivity index (χ0n) is 7.74. The average Bonchev–Trinajstić information content (AvgIpc) is 2.04. The standard InChI is InChI=1S/C9H13NO2S/c1-3-10-8-5-4-6-9(7-8)13(2,11)12/h4-7,10H,3H2,1-2H3. The smallest absolute Gasteiger partial charge is 0.175 e. The lowest BCUT2D eigenvalue weighted by Gasteiger charge is -2.04. The summed E-state index contributed by atoms with van der Waals surface area (Å²) in [7, 11) is -3.08. The van der Waals surface area contributed by atoms with Gasteiger partial charge in [0.25, 0.3) is 0 Å². The van der Waals surface area contributed by atoms with Crippen LogP contribution in [0.25, 0.3) is 0 Å². The van der Waals surface area contributed by atoms with Crippen molar-refractivity contribution in [3.63, 3.8) is 0 Å². The van der Waals surface area contributed by atoms with Gasteiger partial charge >= 0.3 is 0 Å². The van der Waals surface area contributed by atoms with Gasteiger partial charge < -0.3 is 5.32 Å². The van der Waals surface area contributed by atoms with Crippen molar-refractivity contribution in [3.05, 3.63) is 24.3 Å². The number of hydrogen-bond donors (Lipinski definition) is 1. The molecule has 1 N–H and O–H groups in total. The molecule has 0 amide bonds. The van der Waals surface area contributed by atoms with Crippen LogP contribution in [0.2, 0.25) is 0 Å². The van der Waals surface area contributed by atoms with Crippen molar-refractivity contribution in [2.24, 2.45) is 0 Å². The fourth-order valence-electron chi connectivity index (χ4n) is 1.04. The molecule has 0 spiro atoms. The second kappa shape index (κ2) is 3.79. The Balaban J connectivity index is 3.06. The van der Waals surface area contributed by atoms with Crippen molar-refractivity contribution in [1.29, 1.82) is 0 Å². The molecule has 13 heavy (non-hydrogen) atoms. The Morgan fingerprint density at radius 1 is 1.38 bits per heavy atom. The lowest BCUT2D eigenvalue weighted by molar-refractivity contribution is 0.602. The lowest BCUT2D eigenvalue weighted by Crippen LogP contribution is -2.00. The molecule has 0 aliphatic carbocycles. The molecule has 72 valence electrons. The predicted molar refractivity (Wildman–Crippen MR) is 53.7 cm³/mol. The summed E-state index contributed by atoms with van der Waals surface area (Å²) in [6.45, 7) is 2.75. The van der Waals surface area contributed by atoms with E-state index in [2.05, 4.69) is 5.32 Å². The van der Waals surface area contributed by atoms with E-state index in [4.69, 9.17) is 0 Å². The molecule has 1 aromatic carbocycles. The van der Waals surface area contributed by atoms with Gasteiger partial charge in [-0.25, -0.2) is 8.42 Å². The monoisotopic (exact) mass is 199 g/mol. The van der Waals surface area contributed by atoms with E-state index in [-0.39, 0.29) is 0 Å². The molecule has 0 aliphatic heterocycles. The van der Waals surface area contributed by atoms with Gasteiger partial charge in [0.15, 0.2) is 9.84 Å². The van der Waals surface area contributed by atoms with Crippen molar-refractivity contribution in [2.45, 2.75) is 11.8 Å². The minimum atomic E-state index is -3.08. The van der Waals surface area contributed by atoms with Gasteiger partial charge in [0, 0.05) is 18.5 Å². The second-order valence-corrected chi connectivity index (χ2v) is 4.85. The third-order valence-electron chi connectivity index (χ3n) is 1.64. The first-order valence-electron chi connectivity index (χ1n) is 4.08. The highest BCUT2D eigenvalue weighted by atomic mass is 32.2. The second-order valence-electron chi connectivity index (χ2n) is 2.83. The van der Waals surface area contributed by atoms with Crippen LogP contribution in [0.15, 0.2) is 29.2 Å². The van der Waals surface area contributed by atoms with Crippen LogP contribution in [-0.4, -0.2) is 21.2 Å². The summed E-state index contributed by atoms with van der Waals surface area (Å²) in [5, 5.41) is 3.06. The average molecular weight is 199 g/mol. The molecule has 0 radical (unpaired) electrons. The predicted octanol–water partition coefficient (Wildman–Crippen LogP) is 1.52. The molecular formula is C9H13NO2S. The van der Waals surface area contributed by atoms with Crippen molar-refractivity contribution < 1.29 is 8.42 Å². The van der Waals surface area contributed by atoms with Gasteiger partial charge in [-0.1, -0.05) is 6.07 Å². The first-order valence-corrected chi connectivity index (χ1v) is 5.97. The van der Waals surface area contributed by atoms with Crippen LogP contribution in [0, 0.1) is 0 Å². The van der Waals surface area contributed by atoms with Gasteiger partial charge in [-0.3, -0.25) is 0 Å². The van der Waals surface area contributed by atoms with Gasteiger partial charge in [0.2, 0.25) is 0 Å². The van der Waals surface area contributed by atoms with E-state index in [1.807, 2.05) is 13.0 Å². The van der Waals surface area contributed by atoms with Crippen LogP contribution in [0.4, 0.5) is 5.69 Å². The SMILES string of the molecule is CCNc1cccc(S(C)(=O)=O)c1. The fraction of sp³-hybridized carbons (Fsp3) is 0.333. The van der Waals surface area contributed by atoms with Gasteiger partial charge in [0.1, 0.15) is 0 Å². The molecule has 1 rings (SSSR count). The Morgan fingerprint density at radius 3 is 2.62 bits per heavy atom. The normalized spacial score (nSPS) is 11.2. The van der Waals surface area contributed by atoms with Crippen LogP contribution >= 0.6 is 0 Å². The molecular weight excluding hydrogens is 186 g/mol. The van der Waals surface area contributed by atoms with Crippen molar-refractivity contribution in [2.75, 3.05) is 18.1 Å². The number of nitrogens with one attached hydrogen (secondary N) is 1. The topological polar surface area (TPSA) is 46.2 Å². The Kier molecular flexibility index (Phi) is 2.93. The zero-order valence-corrected chi connectivity index (χ0v) is 8.56. The molecule has 0 unspecified atom stereocenters. The number of sulfone groups is 1. The van der Waals surface area contributed by atoms with E-state index in [9.17, 15) is 8.42 Å². The summed E-state index contributed by atoms with van der Waals surface area (Å²) < 4.78 is 22.3. The zero-order chi connectivity index (χ0) is 9.90. The highest BCUT2D eigenvalue weighted by Gasteiger charge is 2.06. The highest BCUT2D eigenvalue weighted by molar-refractivity contribution is 7.90. The van der Waals surface area contributed by atoms with Gasteiger partial charge in [0.05, 0.1) is 4.90 Å². The summed E-state index contributed by atoms with van der Waals surface area (Å²) in [6, 6.07) is 6.81. The van der Waals surface area contributed by atoms with E-state index in [0.717, 1.165) is 12.2 Å². The molecule has 0 aliphatic rings. The molecule has 0 aromatic heterocycles. The van der Waals surface area contributed by atoms with Crippen LogP contribution < -0.4 is 5.32 Å². The minimum Gasteiger partial charge on any atom is -0.385 e. The number of benzene rings is 1. The molecule has 3 nitrogen and oxygen atoms in total. The lowest BCUT2D eigenvalue weighted by atomic mass is 10.3.